The summed E-state index contributed by atoms with van der Waals surface area (Å²) in [5, 5.41) is 87.1. The van der Waals surface area contributed by atoms with Crippen LogP contribution in [0.25, 0.3) is 0 Å². The van der Waals surface area contributed by atoms with E-state index in [0.29, 0.717) is 6.42 Å². The molecule has 436 valence electrons. The Morgan fingerprint density at radius 3 is 1.28 bits per heavy atom. The van der Waals surface area contributed by atoms with E-state index in [-0.39, 0.29) is 18.9 Å². The molecule has 2 fully saturated rings. The first-order valence-electron chi connectivity index (χ1n) is 30.6. The van der Waals surface area contributed by atoms with Gasteiger partial charge in [0.1, 0.15) is 48.8 Å². The Morgan fingerprint density at radius 2 is 0.851 bits per heavy atom. The van der Waals surface area contributed by atoms with Gasteiger partial charge < -0.3 is 65.1 Å². The Kier molecular flexibility index (Phi) is 43.0. The van der Waals surface area contributed by atoms with Crippen molar-refractivity contribution < 1.29 is 64.6 Å². The van der Waals surface area contributed by atoms with Crippen molar-refractivity contribution in [1.29, 1.82) is 0 Å². The molecule has 14 heteroatoms. The Hall–Kier alpha value is -1.53. The van der Waals surface area contributed by atoms with Crippen LogP contribution >= 0.6 is 0 Å². The fraction of sp³-hybridized carbons (Fsp3) is 0.917. The lowest BCUT2D eigenvalue weighted by atomic mass is 9.97. The lowest BCUT2D eigenvalue weighted by molar-refractivity contribution is -0.359. The van der Waals surface area contributed by atoms with Crippen LogP contribution in [0.2, 0.25) is 0 Å². The predicted molar refractivity (Wildman–Crippen MR) is 295 cm³/mol. The molecule has 2 rings (SSSR count). The van der Waals surface area contributed by atoms with Crippen molar-refractivity contribution in [1.82, 2.24) is 5.32 Å². The minimum atomic E-state index is -1.79. The van der Waals surface area contributed by atoms with E-state index in [1.54, 1.807) is 6.08 Å². The maximum Gasteiger partial charge on any atom is 0.220 e. The predicted octanol–water partition coefficient (Wildman–Crippen LogP) is 10.4. The van der Waals surface area contributed by atoms with Gasteiger partial charge in [0.15, 0.2) is 12.6 Å². The normalized spacial score (nSPS) is 25.3. The van der Waals surface area contributed by atoms with Crippen LogP contribution in [0.15, 0.2) is 24.3 Å². The minimum Gasteiger partial charge on any atom is -0.394 e. The van der Waals surface area contributed by atoms with Crippen LogP contribution in [-0.2, 0) is 23.7 Å². The molecule has 0 bridgehead atoms. The first-order chi connectivity index (χ1) is 36.1. The van der Waals surface area contributed by atoms with Crippen molar-refractivity contribution in [3.63, 3.8) is 0 Å². The molecular formula is C60H113NO13. The highest BCUT2D eigenvalue weighted by Crippen LogP contribution is 2.30. The van der Waals surface area contributed by atoms with Crippen molar-refractivity contribution in [2.24, 2.45) is 0 Å². The molecule has 2 heterocycles. The summed E-state index contributed by atoms with van der Waals surface area (Å²) in [6, 6.07) is -0.915. The molecule has 14 nitrogen and oxygen atoms in total. The fourth-order valence-corrected chi connectivity index (χ4v) is 10.2. The van der Waals surface area contributed by atoms with Crippen LogP contribution in [0.3, 0.4) is 0 Å². The number of unbranched alkanes of at least 4 members (excludes halogenated alkanes) is 34. The van der Waals surface area contributed by atoms with E-state index in [1.807, 2.05) is 6.08 Å². The SMILES string of the molecule is CCCCCCCCC/C=C\CCCCCCCCCC(=O)NC(COC1OC(CO)C(OC2OC(CO)C(O)C(O)C2O)C(O)C1O)C(O)/C=C/CCCCCCCCCCCCCCCCCCCCCC. The van der Waals surface area contributed by atoms with Crippen molar-refractivity contribution in [2.75, 3.05) is 19.8 Å². The number of aliphatic hydroxyl groups is 8. The van der Waals surface area contributed by atoms with Crippen LogP contribution < -0.4 is 5.32 Å². The van der Waals surface area contributed by atoms with Gasteiger partial charge in [-0.2, -0.15) is 0 Å². The molecule has 0 aromatic heterocycles. The van der Waals surface area contributed by atoms with Crippen molar-refractivity contribution in [3.8, 4) is 0 Å². The van der Waals surface area contributed by atoms with Crippen LogP contribution in [0, 0.1) is 0 Å². The summed E-state index contributed by atoms with van der Waals surface area (Å²) in [6.07, 6.45) is 37.8. The zero-order valence-corrected chi connectivity index (χ0v) is 46.8. The summed E-state index contributed by atoms with van der Waals surface area (Å²) in [6.45, 7) is 2.82. The smallest absolute Gasteiger partial charge is 0.220 e. The zero-order chi connectivity index (χ0) is 53.9. The lowest BCUT2D eigenvalue weighted by Gasteiger charge is -2.46. The second kappa shape index (κ2) is 46.4. The minimum absolute atomic E-state index is 0.241. The Labute approximate surface area is 449 Å². The second-order valence-corrected chi connectivity index (χ2v) is 21.8. The van der Waals surface area contributed by atoms with E-state index in [4.69, 9.17) is 18.9 Å². The van der Waals surface area contributed by atoms with Gasteiger partial charge in [-0.25, -0.2) is 0 Å². The van der Waals surface area contributed by atoms with Gasteiger partial charge in [-0.15, -0.1) is 0 Å². The average Bonchev–Trinajstić information content (AvgIpc) is 3.40. The molecule has 0 aliphatic carbocycles. The van der Waals surface area contributed by atoms with E-state index in [0.717, 1.165) is 44.9 Å². The largest absolute Gasteiger partial charge is 0.394 e. The van der Waals surface area contributed by atoms with Crippen LogP contribution in [0.5, 0.6) is 0 Å². The molecule has 1 amide bonds. The van der Waals surface area contributed by atoms with Crippen LogP contribution in [0.4, 0.5) is 0 Å². The molecule has 2 saturated heterocycles. The topological polar surface area (TPSA) is 228 Å². The zero-order valence-electron chi connectivity index (χ0n) is 46.8. The lowest BCUT2D eigenvalue weighted by Crippen LogP contribution is -2.65. The van der Waals surface area contributed by atoms with E-state index in [1.165, 1.54) is 186 Å². The van der Waals surface area contributed by atoms with Gasteiger partial charge in [0.25, 0.3) is 0 Å². The van der Waals surface area contributed by atoms with Crippen molar-refractivity contribution >= 4 is 5.91 Å². The van der Waals surface area contributed by atoms with Gasteiger partial charge in [-0.3, -0.25) is 4.79 Å². The Balaban J connectivity index is 1.76. The number of hydrogen-bond acceptors (Lipinski definition) is 13. The fourth-order valence-electron chi connectivity index (χ4n) is 10.2. The number of hydrogen-bond donors (Lipinski definition) is 9. The first-order valence-corrected chi connectivity index (χ1v) is 30.6. The first kappa shape index (κ1) is 68.6. The number of aliphatic hydroxyl groups excluding tert-OH is 8. The Morgan fingerprint density at radius 1 is 0.473 bits per heavy atom. The third kappa shape index (κ3) is 31.8. The number of allylic oxidation sites excluding steroid dienone is 3. The number of amides is 1. The van der Waals surface area contributed by atoms with Crippen LogP contribution in [-0.4, -0.2) is 140 Å². The van der Waals surface area contributed by atoms with E-state index in [2.05, 4.69) is 31.3 Å². The van der Waals surface area contributed by atoms with Gasteiger partial charge in [-0.05, 0) is 44.9 Å². The van der Waals surface area contributed by atoms with E-state index in [9.17, 15) is 45.6 Å². The van der Waals surface area contributed by atoms with Crippen molar-refractivity contribution in [2.45, 2.75) is 331 Å². The molecule has 0 aromatic rings. The third-order valence-corrected chi connectivity index (χ3v) is 15.1. The van der Waals surface area contributed by atoms with Gasteiger partial charge in [0, 0.05) is 6.42 Å². The molecule has 0 aromatic carbocycles. The molecule has 2 aliphatic heterocycles. The number of carbonyl (C=O) groups is 1. The standard InChI is InChI=1S/C60H113NO13/c1-3-5-7-9-11-13-15-17-19-21-23-24-25-26-27-29-31-33-35-37-39-41-43-49(64)48(61-52(65)44-42-40-38-36-34-32-30-28-22-20-18-16-14-12-10-8-6-4-2)47-71-59-57(70)55(68)58(51(46-63)73-59)74-60-56(69)54(67)53(66)50(45-62)72-60/h20,22,41,43,48-51,53-60,62-64,66-70H,3-19,21,23-40,42,44-47H2,1-2H3,(H,61,65)/b22-20-,43-41+. The molecule has 0 spiro atoms. The molecule has 12 atom stereocenters. The summed E-state index contributed by atoms with van der Waals surface area (Å²) >= 11 is 0. The van der Waals surface area contributed by atoms with E-state index >= 15 is 0 Å². The Bertz CT molecular complexity index is 1340. The third-order valence-electron chi connectivity index (χ3n) is 15.1. The van der Waals surface area contributed by atoms with Gasteiger partial charge >= 0.3 is 0 Å². The molecule has 9 N–H and O–H groups in total. The van der Waals surface area contributed by atoms with E-state index < -0.39 is 86.8 Å². The summed E-state index contributed by atoms with van der Waals surface area (Å²) in [7, 11) is 0. The molecule has 2 aliphatic rings. The number of ether oxygens (including phenoxy) is 4. The van der Waals surface area contributed by atoms with Crippen molar-refractivity contribution in [3.05, 3.63) is 24.3 Å². The summed E-state index contributed by atoms with van der Waals surface area (Å²) in [5.74, 6) is -0.241. The second-order valence-electron chi connectivity index (χ2n) is 21.8. The van der Waals surface area contributed by atoms with Gasteiger partial charge in [0.05, 0.1) is 32.0 Å². The molecule has 0 saturated carbocycles. The molecular weight excluding hydrogens is 943 g/mol. The highest BCUT2D eigenvalue weighted by Gasteiger charge is 2.51. The summed E-state index contributed by atoms with van der Waals surface area (Å²) in [4.78, 5) is 13.3. The highest BCUT2D eigenvalue weighted by molar-refractivity contribution is 5.76. The molecule has 74 heavy (non-hydrogen) atoms. The molecule has 0 radical (unpaired) electrons. The van der Waals surface area contributed by atoms with Gasteiger partial charge in [0.2, 0.25) is 5.91 Å². The summed E-state index contributed by atoms with van der Waals surface area (Å²) in [5.41, 5.74) is 0. The number of carbonyl (C=O) groups excluding carboxylic acids is 1. The van der Waals surface area contributed by atoms with Gasteiger partial charge in [-0.1, -0.05) is 231 Å². The monoisotopic (exact) mass is 1060 g/mol. The summed E-state index contributed by atoms with van der Waals surface area (Å²) < 4.78 is 22.8. The average molecular weight is 1060 g/mol. The van der Waals surface area contributed by atoms with Crippen LogP contribution in [0.1, 0.15) is 258 Å². The quantitative estimate of drug-likeness (QED) is 0.0204. The maximum atomic E-state index is 13.3. The molecule has 12 unspecified atom stereocenters. The highest BCUT2D eigenvalue weighted by atomic mass is 16.7. The number of nitrogens with one attached hydrogen (secondary N) is 1. The maximum absolute atomic E-state index is 13.3. The number of rotatable bonds is 49.